The molecule has 1 aromatic rings. The Balaban J connectivity index is 2.56. The highest BCUT2D eigenvalue weighted by atomic mass is 127. The van der Waals surface area contributed by atoms with Crippen LogP contribution in [0, 0.1) is 10.5 Å². The molecule has 0 saturated heterocycles. The van der Waals surface area contributed by atoms with E-state index in [-0.39, 0.29) is 0 Å². The molecule has 1 aromatic carbocycles. The zero-order chi connectivity index (χ0) is 9.42. The van der Waals surface area contributed by atoms with Crippen molar-refractivity contribution in [3.05, 3.63) is 26.8 Å². The van der Waals surface area contributed by atoms with Crippen LogP contribution in [-0.2, 0) is 6.42 Å². The van der Waals surface area contributed by atoms with Gasteiger partial charge in [-0.05, 0) is 65.6 Å². The summed E-state index contributed by atoms with van der Waals surface area (Å²) < 4.78 is 1.36. The van der Waals surface area contributed by atoms with Crippen LogP contribution >= 0.6 is 22.6 Å². The van der Waals surface area contributed by atoms with Crippen LogP contribution in [0.1, 0.15) is 17.5 Å². The molecule has 0 radical (unpaired) electrons. The summed E-state index contributed by atoms with van der Waals surface area (Å²) >= 11 is 2.40. The first-order valence-electron chi connectivity index (χ1n) is 4.68. The van der Waals surface area contributed by atoms with E-state index in [1.807, 2.05) is 0 Å². The maximum atomic E-state index is 2.40. The van der Waals surface area contributed by atoms with Crippen LogP contribution in [0.2, 0.25) is 0 Å². The molecule has 0 saturated carbocycles. The van der Waals surface area contributed by atoms with Crippen molar-refractivity contribution in [2.75, 3.05) is 18.5 Å². The maximum absolute atomic E-state index is 2.40. The molecule has 0 aromatic heterocycles. The Morgan fingerprint density at radius 1 is 1.38 bits per heavy atom. The summed E-state index contributed by atoms with van der Waals surface area (Å²) in [6.07, 6.45) is 2.54. The summed E-state index contributed by atoms with van der Waals surface area (Å²) in [6.45, 7) is 3.41. The van der Waals surface area contributed by atoms with E-state index in [2.05, 4.69) is 53.6 Å². The Bertz CT molecular complexity index is 333. The molecule has 2 rings (SSSR count). The summed E-state index contributed by atoms with van der Waals surface area (Å²) in [5, 5.41) is 0. The summed E-state index contributed by atoms with van der Waals surface area (Å²) in [5.41, 5.74) is 4.41. The van der Waals surface area contributed by atoms with Gasteiger partial charge in [0.2, 0.25) is 0 Å². The van der Waals surface area contributed by atoms with Gasteiger partial charge >= 0.3 is 0 Å². The lowest BCUT2D eigenvalue weighted by Gasteiger charge is -2.29. The average Bonchev–Trinajstić information content (AvgIpc) is 2.02. The second-order valence-corrected chi connectivity index (χ2v) is 5.00. The van der Waals surface area contributed by atoms with Crippen molar-refractivity contribution in [2.24, 2.45) is 0 Å². The minimum absolute atomic E-state index is 1.20. The van der Waals surface area contributed by atoms with E-state index in [1.54, 1.807) is 0 Å². The number of halogens is 1. The fourth-order valence-electron chi connectivity index (χ4n) is 2.16. The van der Waals surface area contributed by atoms with Crippen LogP contribution in [0.5, 0.6) is 0 Å². The van der Waals surface area contributed by atoms with Crippen molar-refractivity contribution in [3.63, 3.8) is 0 Å². The smallest absolute Gasteiger partial charge is 0.0426 e. The molecule has 1 heterocycles. The predicted molar refractivity (Wildman–Crippen MR) is 65.5 cm³/mol. The standard InChI is InChI=1S/C11H14IN/c1-8-6-10(12)7-9-4-3-5-13(2)11(8)9/h6-7H,3-5H2,1-2H3. The molecule has 13 heavy (non-hydrogen) atoms. The molecule has 1 nitrogen and oxygen atoms in total. The molecule has 0 N–H and O–H groups in total. The van der Waals surface area contributed by atoms with Gasteiger partial charge in [-0.2, -0.15) is 0 Å². The molecular weight excluding hydrogens is 273 g/mol. The Morgan fingerprint density at radius 2 is 2.15 bits per heavy atom. The number of anilines is 1. The Kier molecular flexibility index (Phi) is 2.49. The van der Waals surface area contributed by atoms with Crippen LogP contribution in [0.15, 0.2) is 12.1 Å². The molecule has 0 unspecified atom stereocenters. The third-order valence-corrected chi connectivity index (χ3v) is 3.29. The number of hydrogen-bond acceptors (Lipinski definition) is 1. The van der Waals surface area contributed by atoms with E-state index in [0.717, 1.165) is 0 Å². The zero-order valence-electron chi connectivity index (χ0n) is 8.10. The SMILES string of the molecule is Cc1cc(I)cc2c1N(C)CCC2. The molecule has 0 spiro atoms. The molecular formula is C11H14IN. The molecule has 2 heteroatoms. The van der Waals surface area contributed by atoms with Gasteiger partial charge in [0.05, 0.1) is 0 Å². The van der Waals surface area contributed by atoms with E-state index in [9.17, 15) is 0 Å². The van der Waals surface area contributed by atoms with Gasteiger partial charge in [-0.3, -0.25) is 0 Å². The van der Waals surface area contributed by atoms with Crippen LogP contribution in [0.25, 0.3) is 0 Å². The van der Waals surface area contributed by atoms with E-state index in [0.29, 0.717) is 0 Å². The van der Waals surface area contributed by atoms with Crippen LogP contribution in [-0.4, -0.2) is 13.6 Å². The quantitative estimate of drug-likeness (QED) is 0.663. The molecule has 0 bridgehead atoms. The van der Waals surface area contributed by atoms with Crippen molar-refractivity contribution in [2.45, 2.75) is 19.8 Å². The highest BCUT2D eigenvalue weighted by Crippen LogP contribution is 2.30. The maximum Gasteiger partial charge on any atom is 0.0426 e. The van der Waals surface area contributed by atoms with Crippen molar-refractivity contribution in [3.8, 4) is 0 Å². The monoisotopic (exact) mass is 287 g/mol. The topological polar surface area (TPSA) is 3.24 Å². The van der Waals surface area contributed by atoms with Gasteiger partial charge in [0, 0.05) is 22.8 Å². The average molecular weight is 287 g/mol. The molecule has 0 aliphatic carbocycles. The zero-order valence-corrected chi connectivity index (χ0v) is 10.3. The highest BCUT2D eigenvalue weighted by Gasteiger charge is 2.15. The number of nitrogens with zero attached hydrogens (tertiary/aromatic N) is 1. The van der Waals surface area contributed by atoms with Crippen molar-refractivity contribution in [1.82, 2.24) is 0 Å². The second-order valence-electron chi connectivity index (χ2n) is 3.76. The van der Waals surface area contributed by atoms with Gasteiger partial charge in [0.15, 0.2) is 0 Å². The lowest BCUT2D eigenvalue weighted by molar-refractivity contribution is 0.741. The molecule has 0 atom stereocenters. The molecule has 0 amide bonds. The number of hydrogen-bond donors (Lipinski definition) is 0. The van der Waals surface area contributed by atoms with Gasteiger partial charge in [-0.25, -0.2) is 0 Å². The normalized spacial score (nSPS) is 15.8. The molecule has 1 aliphatic heterocycles. The van der Waals surface area contributed by atoms with Gasteiger partial charge < -0.3 is 4.90 Å². The van der Waals surface area contributed by atoms with Crippen LogP contribution in [0.3, 0.4) is 0 Å². The van der Waals surface area contributed by atoms with Gasteiger partial charge in [0.25, 0.3) is 0 Å². The first-order chi connectivity index (χ1) is 6.18. The van der Waals surface area contributed by atoms with E-state index in [1.165, 1.54) is 39.8 Å². The van der Waals surface area contributed by atoms with Crippen molar-refractivity contribution < 1.29 is 0 Å². The largest absolute Gasteiger partial charge is 0.374 e. The van der Waals surface area contributed by atoms with Crippen molar-refractivity contribution >= 4 is 28.3 Å². The fourth-order valence-corrected chi connectivity index (χ4v) is 3.00. The van der Waals surface area contributed by atoms with Gasteiger partial charge in [-0.1, -0.05) is 0 Å². The van der Waals surface area contributed by atoms with E-state index in [4.69, 9.17) is 0 Å². The lowest BCUT2D eigenvalue weighted by atomic mass is 9.99. The minimum Gasteiger partial charge on any atom is -0.374 e. The summed E-state index contributed by atoms with van der Waals surface area (Å²) in [7, 11) is 2.19. The van der Waals surface area contributed by atoms with Crippen molar-refractivity contribution in [1.29, 1.82) is 0 Å². The summed E-state index contributed by atoms with van der Waals surface area (Å²) in [4.78, 5) is 2.38. The fraction of sp³-hybridized carbons (Fsp3) is 0.455. The number of aryl methyl sites for hydroxylation is 2. The summed E-state index contributed by atoms with van der Waals surface area (Å²) in [5.74, 6) is 0. The summed E-state index contributed by atoms with van der Waals surface area (Å²) in [6, 6.07) is 4.58. The van der Waals surface area contributed by atoms with Crippen LogP contribution in [0.4, 0.5) is 5.69 Å². The van der Waals surface area contributed by atoms with Gasteiger partial charge in [0.1, 0.15) is 0 Å². The minimum atomic E-state index is 1.20. The van der Waals surface area contributed by atoms with Crippen LogP contribution < -0.4 is 4.90 Å². The lowest BCUT2D eigenvalue weighted by Crippen LogP contribution is -2.25. The number of rotatable bonds is 0. The third kappa shape index (κ3) is 1.68. The van der Waals surface area contributed by atoms with Gasteiger partial charge in [-0.15, -0.1) is 0 Å². The first-order valence-corrected chi connectivity index (χ1v) is 5.76. The van der Waals surface area contributed by atoms with E-state index >= 15 is 0 Å². The second kappa shape index (κ2) is 3.48. The Labute approximate surface area is 93.3 Å². The highest BCUT2D eigenvalue weighted by molar-refractivity contribution is 14.1. The number of fused-ring (bicyclic) bond motifs is 1. The Morgan fingerprint density at radius 3 is 2.92 bits per heavy atom. The molecule has 0 fully saturated rings. The predicted octanol–water partition coefficient (Wildman–Crippen LogP) is 2.98. The molecule has 70 valence electrons. The number of benzene rings is 1. The first kappa shape index (κ1) is 9.31. The third-order valence-electron chi connectivity index (χ3n) is 2.67. The van der Waals surface area contributed by atoms with E-state index < -0.39 is 0 Å². The Hall–Kier alpha value is -0.250. The molecule has 1 aliphatic rings.